The zero-order valence-electron chi connectivity index (χ0n) is 16.7. The third kappa shape index (κ3) is 4.28. The number of aryl methyl sites for hydroxylation is 2. The van der Waals surface area contributed by atoms with Gasteiger partial charge in [-0.3, -0.25) is 14.2 Å². The van der Waals surface area contributed by atoms with Gasteiger partial charge in [-0.25, -0.2) is 4.98 Å². The molecule has 2 aromatic carbocycles. The summed E-state index contributed by atoms with van der Waals surface area (Å²) in [4.78, 5) is 30.3. The van der Waals surface area contributed by atoms with E-state index >= 15 is 0 Å². The van der Waals surface area contributed by atoms with E-state index in [1.54, 1.807) is 10.6 Å². The Morgan fingerprint density at radius 2 is 1.96 bits per heavy atom. The minimum atomic E-state index is -0.392. The number of amides is 1. The molecule has 1 N–H and O–H groups in total. The SMILES string of the molecule is CCCn1c(SC(C)C(=O)Nc2ccc(C)cc2C)nc2ccccc2c1=O. The number of carbonyl (C=O) groups excluding carboxylic acids is 1. The Balaban J connectivity index is 1.87. The van der Waals surface area contributed by atoms with Crippen molar-refractivity contribution in [3.63, 3.8) is 0 Å². The Morgan fingerprint density at radius 3 is 2.68 bits per heavy atom. The number of hydrogen-bond donors (Lipinski definition) is 1. The molecule has 0 saturated heterocycles. The Morgan fingerprint density at radius 1 is 1.21 bits per heavy atom. The normalized spacial score (nSPS) is 12.1. The Kier molecular flexibility index (Phi) is 6.19. The van der Waals surface area contributed by atoms with Crippen LogP contribution in [0.25, 0.3) is 10.9 Å². The molecular weight excluding hydrogens is 370 g/mol. The van der Waals surface area contributed by atoms with Gasteiger partial charge in [0.15, 0.2) is 5.16 Å². The van der Waals surface area contributed by atoms with Crippen LogP contribution in [-0.2, 0) is 11.3 Å². The summed E-state index contributed by atoms with van der Waals surface area (Å²) in [6.45, 7) is 8.43. The van der Waals surface area contributed by atoms with Gasteiger partial charge in [-0.15, -0.1) is 0 Å². The van der Waals surface area contributed by atoms with Gasteiger partial charge in [0.05, 0.1) is 16.2 Å². The lowest BCUT2D eigenvalue weighted by atomic mass is 10.1. The highest BCUT2D eigenvalue weighted by Crippen LogP contribution is 2.24. The van der Waals surface area contributed by atoms with E-state index in [1.165, 1.54) is 11.8 Å². The molecule has 0 spiro atoms. The fraction of sp³-hybridized carbons (Fsp3) is 0.318. The van der Waals surface area contributed by atoms with Crippen molar-refractivity contribution < 1.29 is 4.79 Å². The summed E-state index contributed by atoms with van der Waals surface area (Å²) >= 11 is 1.32. The number of aromatic nitrogens is 2. The second-order valence-corrected chi connectivity index (χ2v) is 8.24. The highest BCUT2D eigenvalue weighted by Gasteiger charge is 2.19. The summed E-state index contributed by atoms with van der Waals surface area (Å²) < 4.78 is 1.67. The summed E-state index contributed by atoms with van der Waals surface area (Å²) in [7, 11) is 0. The fourth-order valence-corrected chi connectivity index (χ4v) is 3.99. The first kappa shape index (κ1) is 20.1. The minimum Gasteiger partial charge on any atom is -0.325 e. The summed E-state index contributed by atoms with van der Waals surface area (Å²) in [5, 5.41) is 3.78. The van der Waals surface area contributed by atoms with Crippen LogP contribution in [0.1, 0.15) is 31.4 Å². The van der Waals surface area contributed by atoms with Gasteiger partial charge in [-0.05, 0) is 51.0 Å². The molecule has 3 rings (SSSR count). The summed E-state index contributed by atoms with van der Waals surface area (Å²) in [6, 6.07) is 13.3. The molecule has 3 aromatic rings. The highest BCUT2D eigenvalue weighted by atomic mass is 32.2. The molecule has 146 valence electrons. The Bertz CT molecular complexity index is 1080. The summed E-state index contributed by atoms with van der Waals surface area (Å²) in [5.41, 5.74) is 3.58. The van der Waals surface area contributed by atoms with Crippen molar-refractivity contribution in [3.8, 4) is 0 Å². The lowest BCUT2D eigenvalue weighted by molar-refractivity contribution is -0.115. The molecule has 5 nitrogen and oxygen atoms in total. The third-order valence-electron chi connectivity index (χ3n) is 4.57. The number of nitrogens with one attached hydrogen (secondary N) is 1. The van der Waals surface area contributed by atoms with Crippen LogP contribution in [0.4, 0.5) is 5.69 Å². The minimum absolute atomic E-state index is 0.0584. The van der Waals surface area contributed by atoms with Gasteiger partial charge < -0.3 is 5.32 Å². The molecule has 0 fully saturated rings. The van der Waals surface area contributed by atoms with Gasteiger partial charge in [0.1, 0.15) is 0 Å². The molecular formula is C22H25N3O2S. The molecule has 0 aliphatic rings. The standard InChI is InChI=1S/C22H25N3O2S/c1-5-12-25-21(27)17-8-6-7-9-19(17)24-22(25)28-16(4)20(26)23-18-11-10-14(2)13-15(18)3/h6-11,13,16H,5,12H2,1-4H3,(H,23,26). The van der Waals surface area contributed by atoms with Crippen molar-refractivity contribution in [3.05, 3.63) is 63.9 Å². The molecule has 28 heavy (non-hydrogen) atoms. The molecule has 1 amide bonds. The average molecular weight is 396 g/mol. The predicted molar refractivity (Wildman–Crippen MR) is 116 cm³/mol. The van der Waals surface area contributed by atoms with Gasteiger partial charge in [0, 0.05) is 12.2 Å². The van der Waals surface area contributed by atoms with E-state index in [0.717, 1.165) is 23.2 Å². The molecule has 1 heterocycles. The molecule has 0 bridgehead atoms. The van der Waals surface area contributed by atoms with E-state index in [4.69, 9.17) is 0 Å². The Hall–Kier alpha value is -2.60. The summed E-state index contributed by atoms with van der Waals surface area (Å²) in [6.07, 6.45) is 0.816. The van der Waals surface area contributed by atoms with E-state index < -0.39 is 5.25 Å². The first-order chi connectivity index (χ1) is 13.4. The zero-order chi connectivity index (χ0) is 20.3. The molecule has 0 aliphatic heterocycles. The van der Waals surface area contributed by atoms with Crippen LogP contribution in [0, 0.1) is 13.8 Å². The number of fused-ring (bicyclic) bond motifs is 1. The molecule has 1 atom stereocenters. The number of rotatable bonds is 6. The number of para-hydroxylation sites is 1. The first-order valence-electron chi connectivity index (χ1n) is 9.45. The first-order valence-corrected chi connectivity index (χ1v) is 10.3. The van der Waals surface area contributed by atoms with Gasteiger partial charge >= 0.3 is 0 Å². The Labute approximate surface area is 169 Å². The second kappa shape index (κ2) is 8.61. The van der Waals surface area contributed by atoms with E-state index in [9.17, 15) is 9.59 Å². The van der Waals surface area contributed by atoms with Crippen molar-refractivity contribution in [2.75, 3.05) is 5.32 Å². The third-order valence-corrected chi connectivity index (χ3v) is 5.66. The zero-order valence-corrected chi connectivity index (χ0v) is 17.5. The number of hydrogen-bond acceptors (Lipinski definition) is 4. The topological polar surface area (TPSA) is 64.0 Å². The van der Waals surface area contributed by atoms with E-state index in [2.05, 4.69) is 10.3 Å². The van der Waals surface area contributed by atoms with Crippen molar-refractivity contribution in [1.82, 2.24) is 9.55 Å². The van der Waals surface area contributed by atoms with Gasteiger partial charge in [0.25, 0.3) is 5.56 Å². The van der Waals surface area contributed by atoms with E-state index in [1.807, 2.05) is 64.1 Å². The maximum Gasteiger partial charge on any atom is 0.262 e. The van der Waals surface area contributed by atoms with Gasteiger partial charge in [-0.1, -0.05) is 48.5 Å². The van der Waals surface area contributed by atoms with Gasteiger partial charge in [-0.2, -0.15) is 0 Å². The maximum atomic E-state index is 12.9. The lowest BCUT2D eigenvalue weighted by Crippen LogP contribution is -2.27. The van der Waals surface area contributed by atoms with Crippen molar-refractivity contribution in [1.29, 1.82) is 0 Å². The van der Waals surface area contributed by atoms with Crippen LogP contribution in [-0.4, -0.2) is 20.7 Å². The fourth-order valence-electron chi connectivity index (χ4n) is 3.06. The van der Waals surface area contributed by atoms with Gasteiger partial charge in [0.2, 0.25) is 5.91 Å². The number of carbonyl (C=O) groups is 1. The molecule has 0 radical (unpaired) electrons. The number of benzene rings is 2. The number of anilines is 1. The molecule has 6 heteroatoms. The van der Waals surface area contributed by atoms with E-state index in [-0.39, 0.29) is 11.5 Å². The largest absolute Gasteiger partial charge is 0.325 e. The monoisotopic (exact) mass is 395 g/mol. The van der Waals surface area contributed by atoms with Crippen molar-refractivity contribution in [2.24, 2.45) is 0 Å². The lowest BCUT2D eigenvalue weighted by Gasteiger charge is -2.16. The van der Waals surface area contributed by atoms with Crippen LogP contribution in [0.5, 0.6) is 0 Å². The molecule has 1 aromatic heterocycles. The number of thioether (sulfide) groups is 1. The number of nitrogens with zero attached hydrogens (tertiary/aromatic N) is 2. The van der Waals surface area contributed by atoms with Crippen LogP contribution in [0.2, 0.25) is 0 Å². The quantitative estimate of drug-likeness (QED) is 0.491. The summed E-state index contributed by atoms with van der Waals surface area (Å²) in [5.74, 6) is -0.109. The second-order valence-electron chi connectivity index (χ2n) is 6.94. The molecule has 1 unspecified atom stereocenters. The van der Waals surface area contributed by atoms with Crippen molar-refractivity contribution in [2.45, 2.75) is 51.1 Å². The highest BCUT2D eigenvalue weighted by molar-refractivity contribution is 8.00. The van der Waals surface area contributed by atoms with Crippen molar-refractivity contribution >= 4 is 34.3 Å². The maximum absolute atomic E-state index is 12.9. The smallest absolute Gasteiger partial charge is 0.262 e. The molecule has 0 aliphatic carbocycles. The van der Waals surface area contributed by atoms with Crippen LogP contribution >= 0.6 is 11.8 Å². The van der Waals surface area contributed by atoms with Crippen LogP contribution in [0.15, 0.2) is 52.4 Å². The molecule has 0 saturated carbocycles. The predicted octanol–water partition coefficient (Wildman–Crippen LogP) is 4.54. The van der Waals surface area contributed by atoms with E-state index in [0.29, 0.717) is 22.6 Å². The van der Waals surface area contributed by atoms with Crippen LogP contribution in [0.3, 0.4) is 0 Å². The average Bonchev–Trinajstić information content (AvgIpc) is 2.67. The van der Waals surface area contributed by atoms with Crippen LogP contribution < -0.4 is 10.9 Å².